The van der Waals surface area contributed by atoms with Gasteiger partial charge in [0, 0.05) is 10.5 Å². The van der Waals surface area contributed by atoms with Crippen molar-refractivity contribution < 1.29 is 0 Å². The van der Waals surface area contributed by atoms with E-state index in [4.69, 9.17) is 17.3 Å². The first kappa shape index (κ1) is 13.2. The van der Waals surface area contributed by atoms with Crippen LogP contribution in [-0.2, 0) is 0 Å². The maximum atomic E-state index is 6.38. The Balaban J connectivity index is 1.76. The molecule has 2 aromatic rings. The van der Waals surface area contributed by atoms with Gasteiger partial charge < -0.3 is 5.73 Å². The van der Waals surface area contributed by atoms with Crippen molar-refractivity contribution in [3.8, 4) is 0 Å². The highest BCUT2D eigenvalue weighted by atomic mass is 79.9. The molecule has 1 aliphatic carbocycles. The number of benzene rings is 2. The lowest BCUT2D eigenvalue weighted by Crippen LogP contribution is -2.13. The number of halogens is 2. The zero-order valence-corrected chi connectivity index (χ0v) is 12.7. The van der Waals surface area contributed by atoms with Crippen LogP contribution in [0.2, 0.25) is 5.02 Å². The van der Waals surface area contributed by atoms with Crippen molar-refractivity contribution >= 4 is 27.5 Å². The number of nitrogens with two attached hydrogens (primary N) is 1. The van der Waals surface area contributed by atoms with Gasteiger partial charge in [-0.05, 0) is 57.4 Å². The topological polar surface area (TPSA) is 26.0 Å². The lowest BCUT2D eigenvalue weighted by atomic mass is 10.00. The molecule has 0 amide bonds. The number of hydrogen-bond acceptors (Lipinski definition) is 1. The predicted molar refractivity (Wildman–Crippen MR) is 83.4 cm³/mol. The highest BCUT2D eigenvalue weighted by molar-refractivity contribution is 9.10. The van der Waals surface area contributed by atoms with Gasteiger partial charge in [0.25, 0.3) is 0 Å². The molecular formula is C16H15BrClN. The maximum Gasteiger partial charge on any atom is 0.0548 e. The third-order valence-corrected chi connectivity index (χ3v) is 5.07. The molecule has 3 atom stereocenters. The molecule has 0 aliphatic heterocycles. The summed E-state index contributed by atoms with van der Waals surface area (Å²) in [6.45, 7) is 0. The van der Waals surface area contributed by atoms with Gasteiger partial charge in [0.15, 0.2) is 0 Å². The smallest absolute Gasteiger partial charge is 0.0548 e. The number of rotatable bonds is 3. The largest absolute Gasteiger partial charge is 0.324 e. The highest BCUT2D eigenvalue weighted by Crippen LogP contribution is 2.53. The van der Waals surface area contributed by atoms with Crippen LogP contribution in [0.3, 0.4) is 0 Å². The monoisotopic (exact) mass is 335 g/mol. The van der Waals surface area contributed by atoms with Crippen molar-refractivity contribution in [2.24, 2.45) is 11.7 Å². The molecule has 0 heterocycles. The van der Waals surface area contributed by atoms with E-state index in [1.165, 1.54) is 12.0 Å². The van der Waals surface area contributed by atoms with E-state index in [0.717, 1.165) is 15.1 Å². The predicted octanol–water partition coefficient (Wildman–Crippen LogP) is 4.91. The van der Waals surface area contributed by atoms with Crippen LogP contribution in [0, 0.1) is 5.92 Å². The lowest BCUT2D eigenvalue weighted by Gasteiger charge is -2.13. The molecule has 2 aromatic carbocycles. The fourth-order valence-corrected chi connectivity index (χ4v) is 3.18. The Morgan fingerprint density at radius 2 is 1.89 bits per heavy atom. The molecule has 1 fully saturated rings. The molecule has 3 rings (SSSR count). The molecular weight excluding hydrogens is 322 g/mol. The van der Waals surface area contributed by atoms with E-state index in [1.54, 1.807) is 0 Å². The van der Waals surface area contributed by atoms with E-state index < -0.39 is 0 Å². The zero-order chi connectivity index (χ0) is 13.4. The van der Waals surface area contributed by atoms with E-state index >= 15 is 0 Å². The lowest BCUT2D eigenvalue weighted by molar-refractivity contribution is 0.615. The summed E-state index contributed by atoms with van der Waals surface area (Å²) < 4.78 is 0.916. The van der Waals surface area contributed by atoms with Crippen LogP contribution in [0.5, 0.6) is 0 Å². The standard InChI is InChI=1S/C16H15BrClN/c17-14-8-11(6-7-15(14)18)16(19)13-9-12(13)10-4-2-1-3-5-10/h1-8,12-13,16H,9,19H2. The summed E-state index contributed by atoms with van der Waals surface area (Å²) in [5.74, 6) is 1.14. The Hall–Kier alpha value is -0.830. The minimum atomic E-state index is 0.0822. The first-order valence-corrected chi connectivity index (χ1v) is 7.59. The molecule has 1 saturated carbocycles. The zero-order valence-electron chi connectivity index (χ0n) is 10.4. The van der Waals surface area contributed by atoms with Crippen LogP contribution < -0.4 is 5.73 Å². The van der Waals surface area contributed by atoms with Crippen LogP contribution in [0.4, 0.5) is 0 Å². The van der Waals surface area contributed by atoms with Crippen LogP contribution in [-0.4, -0.2) is 0 Å². The van der Waals surface area contributed by atoms with Crippen LogP contribution in [0.25, 0.3) is 0 Å². The first-order valence-electron chi connectivity index (χ1n) is 6.42. The molecule has 2 N–H and O–H groups in total. The van der Waals surface area contributed by atoms with Crippen LogP contribution in [0.15, 0.2) is 53.0 Å². The van der Waals surface area contributed by atoms with E-state index in [1.807, 2.05) is 18.2 Å². The van der Waals surface area contributed by atoms with Gasteiger partial charge >= 0.3 is 0 Å². The second-order valence-electron chi connectivity index (χ2n) is 5.12. The summed E-state index contributed by atoms with van der Waals surface area (Å²) in [5.41, 5.74) is 8.93. The van der Waals surface area contributed by atoms with Crippen LogP contribution in [0.1, 0.15) is 29.5 Å². The Morgan fingerprint density at radius 1 is 1.16 bits per heavy atom. The first-order chi connectivity index (χ1) is 9.16. The summed E-state index contributed by atoms with van der Waals surface area (Å²) in [6.07, 6.45) is 1.17. The average Bonchev–Trinajstić information content (AvgIpc) is 3.22. The molecule has 3 unspecified atom stereocenters. The summed E-state index contributed by atoms with van der Waals surface area (Å²) in [7, 11) is 0. The Morgan fingerprint density at radius 3 is 2.58 bits per heavy atom. The minimum Gasteiger partial charge on any atom is -0.324 e. The highest BCUT2D eigenvalue weighted by Gasteiger charge is 2.42. The molecule has 0 radical (unpaired) electrons. The maximum absolute atomic E-state index is 6.38. The molecule has 1 aliphatic rings. The Kier molecular flexibility index (Phi) is 3.66. The minimum absolute atomic E-state index is 0.0822. The van der Waals surface area contributed by atoms with Gasteiger partial charge in [-0.2, -0.15) is 0 Å². The summed E-state index contributed by atoms with van der Waals surface area (Å²) >= 11 is 9.47. The van der Waals surface area contributed by atoms with Crippen molar-refractivity contribution in [1.29, 1.82) is 0 Å². The SMILES string of the molecule is NC(c1ccc(Cl)c(Br)c1)C1CC1c1ccccc1. The van der Waals surface area contributed by atoms with Crippen molar-refractivity contribution in [1.82, 2.24) is 0 Å². The van der Waals surface area contributed by atoms with E-state index in [2.05, 4.69) is 46.3 Å². The molecule has 1 nitrogen and oxygen atoms in total. The van der Waals surface area contributed by atoms with E-state index in [9.17, 15) is 0 Å². The van der Waals surface area contributed by atoms with E-state index in [0.29, 0.717) is 11.8 Å². The number of hydrogen-bond donors (Lipinski definition) is 1. The third kappa shape index (κ3) is 2.71. The van der Waals surface area contributed by atoms with Gasteiger partial charge in [-0.25, -0.2) is 0 Å². The van der Waals surface area contributed by atoms with Crippen molar-refractivity contribution in [3.63, 3.8) is 0 Å². The summed E-state index contributed by atoms with van der Waals surface area (Å²) in [6, 6.07) is 16.7. The van der Waals surface area contributed by atoms with Gasteiger partial charge in [-0.15, -0.1) is 0 Å². The fourth-order valence-electron chi connectivity index (χ4n) is 2.66. The molecule has 3 heteroatoms. The van der Waals surface area contributed by atoms with E-state index in [-0.39, 0.29) is 6.04 Å². The fraction of sp³-hybridized carbons (Fsp3) is 0.250. The molecule has 0 saturated heterocycles. The molecule has 0 bridgehead atoms. The molecule has 0 spiro atoms. The van der Waals surface area contributed by atoms with Gasteiger partial charge in [-0.3, -0.25) is 0 Å². The van der Waals surface area contributed by atoms with Crippen molar-refractivity contribution in [3.05, 3.63) is 69.2 Å². The quantitative estimate of drug-likeness (QED) is 0.847. The van der Waals surface area contributed by atoms with Gasteiger partial charge in [0.1, 0.15) is 0 Å². The second kappa shape index (κ2) is 5.28. The Bertz CT molecular complexity index is 585. The normalized spacial score (nSPS) is 23.1. The average molecular weight is 337 g/mol. The van der Waals surface area contributed by atoms with Gasteiger partial charge in [0.2, 0.25) is 0 Å². The second-order valence-corrected chi connectivity index (χ2v) is 6.38. The Labute approximate surface area is 126 Å². The van der Waals surface area contributed by atoms with Gasteiger partial charge in [-0.1, -0.05) is 48.0 Å². The third-order valence-electron chi connectivity index (χ3n) is 3.86. The molecule has 0 aromatic heterocycles. The van der Waals surface area contributed by atoms with Crippen molar-refractivity contribution in [2.45, 2.75) is 18.4 Å². The van der Waals surface area contributed by atoms with Crippen LogP contribution >= 0.6 is 27.5 Å². The molecule has 98 valence electrons. The molecule has 19 heavy (non-hydrogen) atoms. The van der Waals surface area contributed by atoms with Gasteiger partial charge in [0.05, 0.1) is 5.02 Å². The summed E-state index contributed by atoms with van der Waals surface area (Å²) in [4.78, 5) is 0. The van der Waals surface area contributed by atoms with Crippen molar-refractivity contribution in [2.75, 3.05) is 0 Å². The summed E-state index contributed by atoms with van der Waals surface area (Å²) in [5, 5.41) is 0.728.